The zero-order chi connectivity index (χ0) is 22.8. The molecule has 162 valence electrons. The molecule has 8 heteroatoms. The minimum Gasteiger partial charge on any atom is -0.347 e. The van der Waals surface area contributed by atoms with Crippen LogP contribution in [0.4, 0.5) is 0 Å². The number of carbonyl (C=O) groups is 2. The third kappa shape index (κ3) is 4.22. The number of benzene rings is 2. The molecule has 0 unspecified atom stereocenters. The second-order valence-corrected chi connectivity index (χ2v) is 8.45. The summed E-state index contributed by atoms with van der Waals surface area (Å²) in [5, 5.41) is 3.28. The number of rotatable bonds is 5. The molecule has 0 aliphatic rings. The Bertz CT molecular complexity index is 1400. The van der Waals surface area contributed by atoms with Gasteiger partial charge in [-0.05, 0) is 49.7 Å². The summed E-state index contributed by atoms with van der Waals surface area (Å²) >= 11 is 1.12. The smallest absolute Gasteiger partial charge is 0.274 e. The van der Waals surface area contributed by atoms with E-state index in [1.54, 1.807) is 48.1 Å². The molecule has 0 saturated heterocycles. The molecule has 0 atom stereocenters. The number of hydrogen-bond acceptors (Lipinski definition) is 5. The molecule has 32 heavy (non-hydrogen) atoms. The molecule has 2 aromatic carbocycles. The van der Waals surface area contributed by atoms with Crippen LogP contribution >= 0.6 is 11.8 Å². The van der Waals surface area contributed by atoms with Crippen LogP contribution in [0.1, 0.15) is 21.6 Å². The summed E-state index contributed by atoms with van der Waals surface area (Å²) < 4.78 is 3.17. The van der Waals surface area contributed by atoms with E-state index in [1.807, 2.05) is 38.1 Å². The third-order valence-electron chi connectivity index (χ3n) is 5.10. The van der Waals surface area contributed by atoms with Crippen LogP contribution in [-0.4, -0.2) is 31.7 Å². The van der Waals surface area contributed by atoms with Crippen LogP contribution in [-0.2, 0) is 11.8 Å². The Kier molecular flexibility index (Phi) is 5.96. The fourth-order valence-corrected chi connectivity index (χ4v) is 4.34. The van der Waals surface area contributed by atoms with Gasteiger partial charge in [-0.2, -0.15) is 0 Å². The van der Waals surface area contributed by atoms with Gasteiger partial charge in [0.15, 0.2) is 5.16 Å². The number of nitrogens with zero attached hydrogens (tertiary/aromatic N) is 3. The zero-order valence-electron chi connectivity index (χ0n) is 18.0. The number of aryl methyl sites for hydroxylation is 3. The van der Waals surface area contributed by atoms with Crippen molar-refractivity contribution in [1.82, 2.24) is 19.4 Å². The van der Waals surface area contributed by atoms with Crippen molar-refractivity contribution in [3.8, 4) is 5.69 Å². The predicted octanol–water partition coefficient (Wildman–Crippen LogP) is 3.39. The van der Waals surface area contributed by atoms with Gasteiger partial charge in [-0.25, -0.2) is 4.98 Å². The molecule has 2 heterocycles. The molecule has 0 aliphatic heterocycles. The van der Waals surface area contributed by atoms with Crippen molar-refractivity contribution in [2.45, 2.75) is 19.0 Å². The zero-order valence-corrected chi connectivity index (χ0v) is 18.8. The fraction of sp³-hybridized carbons (Fsp3) is 0.167. The van der Waals surface area contributed by atoms with E-state index in [2.05, 4.69) is 10.3 Å². The van der Waals surface area contributed by atoms with Gasteiger partial charge in [0, 0.05) is 13.2 Å². The number of thioether (sulfide) groups is 1. The number of nitrogens with one attached hydrogen (secondary N) is 1. The van der Waals surface area contributed by atoms with Crippen LogP contribution in [0.2, 0.25) is 0 Å². The summed E-state index contributed by atoms with van der Waals surface area (Å²) in [5.41, 5.74) is 3.46. The largest absolute Gasteiger partial charge is 0.347 e. The Balaban J connectivity index is 1.67. The maximum atomic E-state index is 13.4. The maximum absolute atomic E-state index is 13.4. The van der Waals surface area contributed by atoms with Crippen LogP contribution in [0.3, 0.4) is 0 Å². The third-order valence-corrected chi connectivity index (χ3v) is 6.04. The molecule has 0 aliphatic carbocycles. The average Bonchev–Trinajstić information content (AvgIpc) is 3.19. The van der Waals surface area contributed by atoms with E-state index in [-0.39, 0.29) is 11.3 Å². The summed E-state index contributed by atoms with van der Waals surface area (Å²) in [7, 11) is 1.73. The predicted molar refractivity (Wildman–Crippen MR) is 125 cm³/mol. The summed E-state index contributed by atoms with van der Waals surface area (Å²) in [5.74, 6) is -0.997. The number of imide groups is 1. The Morgan fingerprint density at radius 2 is 1.84 bits per heavy atom. The molecule has 4 aromatic rings. The highest BCUT2D eigenvalue weighted by Gasteiger charge is 2.18. The first-order chi connectivity index (χ1) is 15.3. The summed E-state index contributed by atoms with van der Waals surface area (Å²) in [6.07, 6.45) is 1.73. The van der Waals surface area contributed by atoms with Crippen molar-refractivity contribution in [2.75, 3.05) is 5.75 Å². The lowest BCUT2D eigenvalue weighted by Crippen LogP contribution is -2.33. The van der Waals surface area contributed by atoms with Crippen LogP contribution < -0.4 is 10.9 Å². The number of aromatic nitrogens is 3. The maximum Gasteiger partial charge on any atom is 0.274 e. The molecule has 0 radical (unpaired) electrons. The van der Waals surface area contributed by atoms with Crippen molar-refractivity contribution < 1.29 is 9.59 Å². The van der Waals surface area contributed by atoms with Gasteiger partial charge < -0.3 is 4.57 Å². The van der Waals surface area contributed by atoms with Gasteiger partial charge in [0.1, 0.15) is 5.69 Å². The van der Waals surface area contributed by atoms with E-state index in [0.717, 1.165) is 22.9 Å². The highest BCUT2D eigenvalue weighted by Crippen LogP contribution is 2.23. The van der Waals surface area contributed by atoms with Gasteiger partial charge in [0.2, 0.25) is 5.91 Å². The van der Waals surface area contributed by atoms with Crippen LogP contribution in [0.15, 0.2) is 70.7 Å². The van der Waals surface area contributed by atoms with E-state index in [1.165, 1.54) is 4.57 Å². The quantitative estimate of drug-likeness (QED) is 0.375. The molecule has 4 rings (SSSR count). The highest BCUT2D eigenvalue weighted by molar-refractivity contribution is 7.99. The van der Waals surface area contributed by atoms with Gasteiger partial charge in [-0.15, -0.1) is 0 Å². The fourth-order valence-electron chi connectivity index (χ4n) is 3.53. The molecular formula is C24H22N4O3S. The van der Waals surface area contributed by atoms with E-state index in [0.29, 0.717) is 27.4 Å². The lowest BCUT2D eigenvalue weighted by Gasteiger charge is -2.15. The lowest BCUT2D eigenvalue weighted by molar-refractivity contribution is -0.117. The Labute approximate surface area is 189 Å². The Morgan fingerprint density at radius 3 is 2.56 bits per heavy atom. The molecular weight excluding hydrogens is 424 g/mol. The first kappa shape index (κ1) is 21.6. The average molecular weight is 447 g/mol. The summed E-state index contributed by atoms with van der Waals surface area (Å²) in [6, 6.07) is 16.3. The number of amides is 2. The molecule has 7 nitrogen and oxygen atoms in total. The van der Waals surface area contributed by atoms with E-state index in [9.17, 15) is 14.4 Å². The van der Waals surface area contributed by atoms with Gasteiger partial charge in [-0.1, -0.05) is 41.6 Å². The number of hydrogen-bond donors (Lipinski definition) is 1. The van der Waals surface area contributed by atoms with Gasteiger partial charge in [0.05, 0.1) is 22.3 Å². The van der Waals surface area contributed by atoms with Crippen LogP contribution in [0.25, 0.3) is 16.6 Å². The number of para-hydroxylation sites is 1. The van der Waals surface area contributed by atoms with Crippen molar-refractivity contribution in [1.29, 1.82) is 0 Å². The molecule has 1 N–H and O–H groups in total. The van der Waals surface area contributed by atoms with E-state index in [4.69, 9.17) is 0 Å². The Hall–Kier alpha value is -3.65. The number of carbonyl (C=O) groups excluding carboxylic acids is 2. The van der Waals surface area contributed by atoms with Crippen molar-refractivity contribution in [2.24, 2.45) is 7.05 Å². The summed E-state index contributed by atoms with van der Waals surface area (Å²) in [4.78, 5) is 42.8. The van der Waals surface area contributed by atoms with Crippen molar-refractivity contribution in [3.63, 3.8) is 0 Å². The number of fused-ring (bicyclic) bond motifs is 1. The molecule has 0 fully saturated rings. The van der Waals surface area contributed by atoms with E-state index < -0.39 is 11.8 Å². The standard InChI is InChI=1S/C24H22N4O3S/c1-15-10-11-19(16(2)13-15)28-23(31)17-7-4-5-8-18(17)25-24(28)32-14-21(29)26-22(30)20-9-6-12-27(20)3/h4-13H,14H2,1-3H3,(H,26,29,30). The van der Waals surface area contributed by atoms with Crippen molar-refractivity contribution >= 4 is 34.5 Å². The molecule has 0 spiro atoms. The second-order valence-electron chi connectivity index (χ2n) is 7.51. The van der Waals surface area contributed by atoms with Crippen LogP contribution in [0.5, 0.6) is 0 Å². The highest BCUT2D eigenvalue weighted by atomic mass is 32.2. The SMILES string of the molecule is Cc1ccc(-n2c(SCC(=O)NC(=O)c3cccn3C)nc3ccccc3c2=O)c(C)c1. The van der Waals surface area contributed by atoms with E-state index >= 15 is 0 Å². The normalized spacial score (nSPS) is 11.0. The summed E-state index contributed by atoms with van der Waals surface area (Å²) in [6.45, 7) is 3.92. The van der Waals surface area contributed by atoms with Crippen molar-refractivity contribution in [3.05, 3.63) is 88.0 Å². The first-order valence-corrected chi connectivity index (χ1v) is 11.0. The molecule has 0 bridgehead atoms. The van der Waals surface area contributed by atoms with Crippen LogP contribution in [0, 0.1) is 13.8 Å². The first-order valence-electron chi connectivity index (χ1n) is 10.0. The molecule has 2 amide bonds. The minimum atomic E-state index is -0.471. The second kappa shape index (κ2) is 8.84. The molecule has 0 saturated carbocycles. The lowest BCUT2D eigenvalue weighted by atomic mass is 10.1. The minimum absolute atomic E-state index is 0.0636. The molecule has 2 aromatic heterocycles. The van der Waals surface area contributed by atoms with Gasteiger partial charge in [-0.3, -0.25) is 24.3 Å². The Morgan fingerprint density at radius 1 is 1.06 bits per heavy atom. The topological polar surface area (TPSA) is 86.0 Å². The van der Waals surface area contributed by atoms with Gasteiger partial charge >= 0.3 is 0 Å². The van der Waals surface area contributed by atoms with Gasteiger partial charge in [0.25, 0.3) is 11.5 Å². The monoisotopic (exact) mass is 446 g/mol.